The minimum Gasteiger partial charge on any atom is -0.352 e. The zero-order valence-corrected chi connectivity index (χ0v) is 12.0. The average molecular weight is 271 g/mol. The molecule has 5 nitrogen and oxygen atoms in total. The second-order valence-electron chi connectivity index (χ2n) is 6.10. The van der Waals surface area contributed by atoms with E-state index in [1.807, 2.05) is 23.8 Å². The Hall–Kier alpha value is -1.62. The van der Waals surface area contributed by atoms with E-state index in [2.05, 4.69) is 25.9 Å². The van der Waals surface area contributed by atoms with E-state index in [0.717, 1.165) is 49.1 Å². The van der Waals surface area contributed by atoms with Gasteiger partial charge in [-0.15, -0.1) is 0 Å². The van der Waals surface area contributed by atoms with E-state index in [9.17, 15) is 0 Å². The lowest BCUT2D eigenvalue weighted by molar-refractivity contribution is 0.248. The van der Waals surface area contributed by atoms with Gasteiger partial charge in [0.15, 0.2) is 5.82 Å². The predicted octanol–water partition coefficient (Wildman–Crippen LogP) is 1.57. The summed E-state index contributed by atoms with van der Waals surface area (Å²) in [6.45, 7) is 7.80. The lowest BCUT2D eigenvalue weighted by Crippen LogP contribution is -2.47. The summed E-state index contributed by atoms with van der Waals surface area (Å²) < 4.78 is 1.94. The summed E-state index contributed by atoms with van der Waals surface area (Å²) in [5, 5.41) is 4.47. The first-order valence-corrected chi connectivity index (χ1v) is 7.58. The summed E-state index contributed by atoms with van der Waals surface area (Å²) in [7, 11) is 0. The number of fused-ring (bicyclic) bond motifs is 1. The van der Waals surface area contributed by atoms with Crippen LogP contribution < -0.4 is 4.90 Å². The summed E-state index contributed by atoms with van der Waals surface area (Å²) in [6.07, 6.45) is 6.66. The lowest BCUT2D eigenvalue weighted by Gasteiger charge is -2.35. The van der Waals surface area contributed by atoms with Crippen LogP contribution in [0.2, 0.25) is 0 Å². The van der Waals surface area contributed by atoms with Crippen molar-refractivity contribution in [3.63, 3.8) is 0 Å². The molecular weight excluding hydrogens is 250 g/mol. The molecule has 0 radical (unpaired) electrons. The van der Waals surface area contributed by atoms with Gasteiger partial charge in [0.05, 0.1) is 5.69 Å². The Bertz CT molecular complexity index is 608. The van der Waals surface area contributed by atoms with E-state index in [4.69, 9.17) is 0 Å². The largest absolute Gasteiger partial charge is 0.352 e. The number of aromatic nitrogens is 3. The molecule has 0 atom stereocenters. The molecule has 5 heteroatoms. The minimum atomic E-state index is 0.987. The fourth-order valence-electron chi connectivity index (χ4n) is 3.08. The number of rotatable bonds is 3. The van der Waals surface area contributed by atoms with Crippen LogP contribution in [0.25, 0.3) is 5.52 Å². The first kappa shape index (κ1) is 12.1. The quantitative estimate of drug-likeness (QED) is 0.849. The number of piperazine rings is 1. The monoisotopic (exact) mass is 271 g/mol. The van der Waals surface area contributed by atoms with Gasteiger partial charge in [0.2, 0.25) is 0 Å². The van der Waals surface area contributed by atoms with Crippen LogP contribution in [0.5, 0.6) is 0 Å². The molecule has 0 N–H and O–H groups in total. The molecule has 0 unspecified atom stereocenters. The predicted molar refractivity (Wildman–Crippen MR) is 79.1 cm³/mol. The topological polar surface area (TPSA) is 36.7 Å². The molecule has 2 aromatic heterocycles. The maximum absolute atomic E-state index is 4.59. The van der Waals surface area contributed by atoms with Crippen molar-refractivity contribution < 1.29 is 0 Å². The molecule has 0 spiro atoms. The zero-order chi connectivity index (χ0) is 13.5. The minimum absolute atomic E-state index is 0.987. The van der Waals surface area contributed by atoms with Gasteiger partial charge in [-0.05, 0) is 31.7 Å². The molecule has 1 saturated heterocycles. The van der Waals surface area contributed by atoms with E-state index < -0.39 is 0 Å². The van der Waals surface area contributed by atoms with Crippen LogP contribution in [0.4, 0.5) is 5.82 Å². The molecule has 3 heterocycles. The molecule has 1 saturated carbocycles. The van der Waals surface area contributed by atoms with Crippen LogP contribution in [0.3, 0.4) is 0 Å². The Morgan fingerprint density at radius 2 is 2.00 bits per heavy atom. The van der Waals surface area contributed by atoms with Gasteiger partial charge in [0, 0.05) is 45.1 Å². The highest BCUT2D eigenvalue weighted by molar-refractivity contribution is 5.69. The van der Waals surface area contributed by atoms with Crippen LogP contribution in [-0.2, 0) is 0 Å². The molecule has 2 aliphatic rings. The van der Waals surface area contributed by atoms with Gasteiger partial charge < -0.3 is 4.90 Å². The standard InChI is InChI=1S/C15H21N5/c1-12-10-14-15(16-4-5-20(14)17-12)19-8-6-18(7-9-19)11-13-2-3-13/h4-5,10,13H,2-3,6-9,11H2,1H3. The normalized spacial score (nSPS) is 20.8. The highest BCUT2D eigenvalue weighted by atomic mass is 15.3. The molecule has 2 fully saturated rings. The second-order valence-corrected chi connectivity index (χ2v) is 6.10. The van der Waals surface area contributed by atoms with Crippen molar-refractivity contribution in [3.8, 4) is 0 Å². The van der Waals surface area contributed by atoms with Gasteiger partial charge in [-0.3, -0.25) is 4.90 Å². The zero-order valence-electron chi connectivity index (χ0n) is 12.0. The van der Waals surface area contributed by atoms with Crippen LogP contribution in [0.15, 0.2) is 18.5 Å². The third-order valence-corrected chi connectivity index (χ3v) is 4.38. The number of aryl methyl sites for hydroxylation is 1. The fourth-order valence-corrected chi connectivity index (χ4v) is 3.08. The molecule has 1 aliphatic carbocycles. The molecule has 1 aliphatic heterocycles. The van der Waals surface area contributed by atoms with E-state index in [0.29, 0.717) is 0 Å². The van der Waals surface area contributed by atoms with E-state index >= 15 is 0 Å². The first-order chi connectivity index (χ1) is 9.79. The highest BCUT2D eigenvalue weighted by Gasteiger charge is 2.27. The third kappa shape index (κ3) is 2.26. The van der Waals surface area contributed by atoms with E-state index in [1.54, 1.807) is 0 Å². The molecule has 0 aromatic carbocycles. The molecule has 20 heavy (non-hydrogen) atoms. The summed E-state index contributed by atoms with van der Waals surface area (Å²) in [5.74, 6) is 2.07. The van der Waals surface area contributed by atoms with Crippen molar-refractivity contribution in [1.29, 1.82) is 0 Å². The molecule has 0 amide bonds. The lowest BCUT2D eigenvalue weighted by atomic mass is 10.2. The summed E-state index contributed by atoms with van der Waals surface area (Å²) in [6, 6.07) is 2.12. The van der Waals surface area contributed by atoms with Crippen molar-refractivity contribution in [2.24, 2.45) is 5.92 Å². The maximum Gasteiger partial charge on any atom is 0.154 e. The average Bonchev–Trinajstić information content (AvgIpc) is 3.17. The van der Waals surface area contributed by atoms with Gasteiger partial charge in [0.25, 0.3) is 0 Å². The van der Waals surface area contributed by atoms with Crippen LogP contribution >= 0.6 is 0 Å². The van der Waals surface area contributed by atoms with Crippen molar-refractivity contribution in [1.82, 2.24) is 19.5 Å². The molecule has 4 rings (SSSR count). The second kappa shape index (κ2) is 4.74. The maximum atomic E-state index is 4.59. The summed E-state index contributed by atoms with van der Waals surface area (Å²) >= 11 is 0. The number of hydrogen-bond donors (Lipinski definition) is 0. The highest BCUT2D eigenvalue weighted by Crippen LogP contribution is 2.30. The van der Waals surface area contributed by atoms with Gasteiger partial charge in [-0.1, -0.05) is 0 Å². The van der Waals surface area contributed by atoms with Crippen LogP contribution in [-0.4, -0.2) is 52.2 Å². The Balaban J connectivity index is 1.52. The van der Waals surface area contributed by atoms with Gasteiger partial charge in [-0.2, -0.15) is 5.10 Å². The Kier molecular flexibility index (Phi) is 2.88. The molecule has 0 bridgehead atoms. The first-order valence-electron chi connectivity index (χ1n) is 7.58. The number of anilines is 1. The van der Waals surface area contributed by atoms with E-state index in [-0.39, 0.29) is 0 Å². The molecule has 2 aromatic rings. The Labute approximate surface area is 119 Å². The Morgan fingerprint density at radius 3 is 2.75 bits per heavy atom. The number of hydrogen-bond acceptors (Lipinski definition) is 4. The SMILES string of the molecule is Cc1cc2c(N3CCN(CC4CC4)CC3)nccn2n1. The van der Waals surface area contributed by atoms with Crippen molar-refractivity contribution in [2.45, 2.75) is 19.8 Å². The van der Waals surface area contributed by atoms with Gasteiger partial charge in [-0.25, -0.2) is 9.50 Å². The fraction of sp³-hybridized carbons (Fsp3) is 0.600. The van der Waals surface area contributed by atoms with Crippen molar-refractivity contribution >= 4 is 11.3 Å². The number of nitrogens with zero attached hydrogens (tertiary/aromatic N) is 5. The molecule has 106 valence electrons. The summed E-state index contributed by atoms with van der Waals surface area (Å²) in [5.41, 5.74) is 2.17. The van der Waals surface area contributed by atoms with Crippen LogP contribution in [0, 0.1) is 12.8 Å². The van der Waals surface area contributed by atoms with E-state index in [1.165, 1.54) is 19.4 Å². The van der Waals surface area contributed by atoms with Crippen LogP contribution in [0.1, 0.15) is 18.5 Å². The smallest absolute Gasteiger partial charge is 0.154 e. The third-order valence-electron chi connectivity index (χ3n) is 4.38. The Morgan fingerprint density at radius 1 is 1.20 bits per heavy atom. The van der Waals surface area contributed by atoms with Gasteiger partial charge >= 0.3 is 0 Å². The van der Waals surface area contributed by atoms with Crippen molar-refractivity contribution in [2.75, 3.05) is 37.6 Å². The van der Waals surface area contributed by atoms with Crippen molar-refractivity contribution in [3.05, 3.63) is 24.2 Å². The molecular formula is C15H21N5. The van der Waals surface area contributed by atoms with Gasteiger partial charge in [0.1, 0.15) is 5.52 Å². The summed E-state index contributed by atoms with van der Waals surface area (Å²) in [4.78, 5) is 9.60.